The van der Waals surface area contributed by atoms with E-state index < -0.39 is 6.09 Å². The molecule has 39 heavy (non-hydrogen) atoms. The molecule has 9 heteroatoms. The summed E-state index contributed by atoms with van der Waals surface area (Å²) >= 11 is 12.3. The number of hydrogen-bond acceptors (Lipinski definition) is 5. The molecule has 1 aliphatic rings. The van der Waals surface area contributed by atoms with Crippen LogP contribution in [-0.2, 0) is 11.2 Å². The van der Waals surface area contributed by atoms with Crippen LogP contribution in [0.25, 0.3) is 10.9 Å². The quantitative estimate of drug-likeness (QED) is 0.128. The van der Waals surface area contributed by atoms with Crippen molar-refractivity contribution in [3.05, 3.63) is 88.3 Å². The van der Waals surface area contributed by atoms with Crippen molar-refractivity contribution in [3.8, 4) is 5.75 Å². The zero-order valence-corrected chi connectivity index (χ0v) is 23.6. The zero-order valence-electron chi connectivity index (χ0n) is 22.1. The molecule has 4 rings (SSSR count). The number of allylic oxidation sites excluding steroid dienone is 2. The second-order valence-electron chi connectivity index (χ2n) is 9.62. The van der Waals surface area contributed by atoms with E-state index in [4.69, 9.17) is 37.8 Å². The number of aliphatic hydroxyl groups is 1. The standard InChI is InChI=1S/C30H35Cl2N3O4/c1-3-23(38-18-4-14-33-15-17-36)9-5-20(2)29-28-25(26-19-22(32)8-12-27(26)34-28)13-16-35(29)30(37)39-24-10-6-21(31)7-11-24/h3,6-12,19-20,29,33-34,36H,1,4-5,13-18H2,2H3. The Hall–Kier alpha value is -2.97. The molecule has 3 N–H and O–H groups in total. The summed E-state index contributed by atoms with van der Waals surface area (Å²) in [5, 5.41) is 14.3. The van der Waals surface area contributed by atoms with E-state index in [0.717, 1.165) is 29.6 Å². The predicted molar refractivity (Wildman–Crippen MR) is 157 cm³/mol. The molecule has 2 heterocycles. The summed E-state index contributed by atoms with van der Waals surface area (Å²) in [6.07, 6.45) is 5.49. The number of fused-ring (bicyclic) bond motifs is 3. The number of aromatic amines is 1. The first kappa shape index (κ1) is 29.0. The van der Waals surface area contributed by atoms with Crippen molar-refractivity contribution in [1.29, 1.82) is 0 Å². The topological polar surface area (TPSA) is 86.8 Å². The molecule has 0 radical (unpaired) electrons. The van der Waals surface area contributed by atoms with Crippen LogP contribution in [0.3, 0.4) is 0 Å². The number of rotatable bonds is 12. The molecule has 208 valence electrons. The summed E-state index contributed by atoms with van der Waals surface area (Å²) in [4.78, 5) is 18.8. The van der Waals surface area contributed by atoms with Gasteiger partial charge >= 0.3 is 6.09 Å². The average molecular weight is 573 g/mol. The number of carbonyl (C=O) groups is 1. The maximum absolute atomic E-state index is 13.4. The summed E-state index contributed by atoms with van der Waals surface area (Å²) < 4.78 is 11.7. The van der Waals surface area contributed by atoms with Gasteiger partial charge in [-0.05, 0) is 91.9 Å². The van der Waals surface area contributed by atoms with E-state index in [-0.39, 0.29) is 18.6 Å². The summed E-state index contributed by atoms with van der Waals surface area (Å²) in [5.74, 6) is 1.19. The van der Waals surface area contributed by atoms with Crippen molar-refractivity contribution in [2.75, 3.05) is 32.8 Å². The first-order chi connectivity index (χ1) is 18.9. The van der Waals surface area contributed by atoms with Gasteiger partial charge in [-0.1, -0.05) is 36.7 Å². The highest BCUT2D eigenvalue weighted by molar-refractivity contribution is 6.31. The van der Waals surface area contributed by atoms with Gasteiger partial charge in [0, 0.05) is 39.7 Å². The molecule has 1 amide bonds. The molecule has 0 bridgehead atoms. The number of nitrogens with zero attached hydrogens (tertiary/aromatic N) is 1. The Labute approximate surface area is 239 Å². The van der Waals surface area contributed by atoms with Gasteiger partial charge in [0.15, 0.2) is 0 Å². The fraction of sp³-hybridized carbons (Fsp3) is 0.367. The summed E-state index contributed by atoms with van der Waals surface area (Å²) in [7, 11) is 0. The number of aliphatic hydroxyl groups excluding tert-OH is 1. The third-order valence-corrected chi connectivity index (χ3v) is 7.36. The van der Waals surface area contributed by atoms with Gasteiger partial charge in [0.05, 0.1) is 19.3 Å². The Bertz CT molecular complexity index is 1310. The Morgan fingerprint density at radius 2 is 2.00 bits per heavy atom. The van der Waals surface area contributed by atoms with Gasteiger partial charge in [-0.25, -0.2) is 4.79 Å². The van der Waals surface area contributed by atoms with E-state index in [0.29, 0.717) is 54.1 Å². The highest BCUT2D eigenvalue weighted by Gasteiger charge is 2.37. The summed E-state index contributed by atoms with van der Waals surface area (Å²) in [6, 6.07) is 12.4. The van der Waals surface area contributed by atoms with Gasteiger partial charge in [0.1, 0.15) is 11.5 Å². The molecule has 2 atom stereocenters. The van der Waals surface area contributed by atoms with Crippen LogP contribution in [0.4, 0.5) is 4.79 Å². The van der Waals surface area contributed by atoms with Gasteiger partial charge in [0.25, 0.3) is 0 Å². The van der Waals surface area contributed by atoms with Gasteiger partial charge in [-0.3, -0.25) is 4.90 Å². The summed E-state index contributed by atoms with van der Waals surface area (Å²) in [5.41, 5.74) is 3.18. The monoisotopic (exact) mass is 571 g/mol. The summed E-state index contributed by atoms with van der Waals surface area (Å²) in [6.45, 7) is 8.53. The Morgan fingerprint density at radius 3 is 2.74 bits per heavy atom. The average Bonchev–Trinajstić information content (AvgIpc) is 3.30. The number of nitrogens with one attached hydrogen (secondary N) is 2. The third kappa shape index (κ3) is 7.37. The molecule has 3 aromatic rings. The van der Waals surface area contributed by atoms with Crippen LogP contribution in [0.5, 0.6) is 5.75 Å². The molecule has 1 aromatic heterocycles. The van der Waals surface area contributed by atoms with Gasteiger partial charge < -0.3 is 24.9 Å². The Kier molecular flexibility index (Phi) is 10.3. The van der Waals surface area contributed by atoms with Crippen molar-refractivity contribution < 1.29 is 19.4 Å². The SMILES string of the molecule is C=CC(=CCC(C)C1c2[nH]c3ccc(Cl)cc3c2CCN1C(=O)Oc1ccc(Cl)cc1)OCCCNCCO. The van der Waals surface area contributed by atoms with E-state index >= 15 is 0 Å². The first-order valence-corrected chi connectivity index (χ1v) is 14.0. The minimum Gasteiger partial charge on any atom is -0.494 e. The molecule has 2 aromatic carbocycles. The van der Waals surface area contributed by atoms with Crippen molar-refractivity contribution >= 4 is 40.2 Å². The van der Waals surface area contributed by atoms with Crippen molar-refractivity contribution in [1.82, 2.24) is 15.2 Å². The molecule has 7 nitrogen and oxygen atoms in total. The number of amides is 1. The Balaban J connectivity index is 1.55. The van der Waals surface area contributed by atoms with E-state index in [2.05, 4.69) is 23.8 Å². The number of aromatic nitrogens is 1. The number of hydrogen-bond donors (Lipinski definition) is 3. The van der Waals surface area contributed by atoms with Gasteiger partial charge in [0.2, 0.25) is 0 Å². The van der Waals surface area contributed by atoms with Crippen LogP contribution in [0.15, 0.2) is 67.0 Å². The first-order valence-electron chi connectivity index (χ1n) is 13.2. The highest BCUT2D eigenvalue weighted by Crippen LogP contribution is 2.41. The highest BCUT2D eigenvalue weighted by atomic mass is 35.5. The smallest absolute Gasteiger partial charge is 0.415 e. The molecule has 0 aliphatic carbocycles. The lowest BCUT2D eigenvalue weighted by Crippen LogP contribution is -2.44. The minimum atomic E-state index is -0.406. The van der Waals surface area contributed by atoms with Crippen LogP contribution in [0, 0.1) is 5.92 Å². The van der Waals surface area contributed by atoms with Crippen LogP contribution < -0.4 is 10.1 Å². The fourth-order valence-electron chi connectivity index (χ4n) is 4.97. The lowest BCUT2D eigenvalue weighted by atomic mass is 9.87. The number of ether oxygens (including phenoxy) is 2. The molecular formula is C30H35Cl2N3O4. The zero-order chi connectivity index (χ0) is 27.8. The molecular weight excluding hydrogens is 537 g/mol. The predicted octanol–water partition coefficient (Wildman–Crippen LogP) is 6.66. The maximum atomic E-state index is 13.4. The number of H-pyrrole nitrogens is 1. The van der Waals surface area contributed by atoms with Crippen molar-refractivity contribution in [2.45, 2.75) is 32.2 Å². The third-order valence-electron chi connectivity index (χ3n) is 6.87. The molecule has 0 fully saturated rings. The van der Waals surface area contributed by atoms with Crippen molar-refractivity contribution in [2.24, 2.45) is 5.92 Å². The fourth-order valence-corrected chi connectivity index (χ4v) is 5.27. The Morgan fingerprint density at radius 1 is 1.23 bits per heavy atom. The normalized spacial score (nSPS) is 16.2. The van der Waals surface area contributed by atoms with E-state index in [1.54, 1.807) is 35.2 Å². The van der Waals surface area contributed by atoms with Crippen LogP contribution >= 0.6 is 23.2 Å². The second-order valence-corrected chi connectivity index (χ2v) is 10.5. The van der Waals surface area contributed by atoms with Crippen LogP contribution in [-0.4, -0.2) is 53.9 Å². The number of halogens is 2. The van der Waals surface area contributed by atoms with E-state index in [9.17, 15) is 4.79 Å². The van der Waals surface area contributed by atoms with Crippen molar-refractivity contribution in [3.63, 3.8) is 0 Å². The number of benzene rings is 2. The number of carbonyl (C=O) groups excluding carboxylic acids is 1. The molecule has 0 saturated carbocycles. The lowest BCUT2D eigenvalue weighted by Gasteiger charge is -2.38. The molecule has 1 aliphatic heterocycles. The lowest BCUT2D eigenvalue weighted by molar-refractivity contribution is 0.106. The van der Waals surface area contributed by atoms with E-state index in [1.807, 2.05) is 24.3 Å². The maximum Gasteiger partial charge on any atom is 0.415 e. The van der Waals surface area contributed by atoms with Gasteiger partial charge in [-0.2, -0.15) is 0 Å². The minimum absolute atomic E-state index is 0.0372. The van der Waals surface area contributed by atoms with E-state index in [1.165, 1.54) is 5.56 Å². The molecule has 0 saturated heterocycles. The van der Waals surface area contributed by atoms with Crippen LogP contribution in [0.1, 0.15) is 37.1 Å². The largest absolute Gasteiger partial charge is 0.494 e. The second kappa shape index (κ2) is 13.9. The van der Waals surface area contributed by atoms with Gasteiger partial charge in [-0.15, -0.1) is 0 Å². The molecule has 2 unspecified atom stereocenters. The van der Waals surface area contributed by atoms with Crippen LogP contribution in [0.2, 0.25) is 10.0 Å². The molecule has 0 spiro atoms.